The summed E-state index contributed by atoms with van der Waals surface area (Å²) in [6.07, 6.45) is -0.761. The fraction of sp³-hybridized carbons (Fsp3) is 0.320. The molecule has 0 unspecified atom stereocenters. The molecule has 0 aromatic heterocycles. The van der Waals surface area contributed by atoms with Crippen molar-refractivity contribution in [3.8, 4) is 12.1 Å². The number of amides is 1. The van der Waals surface area contributed by atoms with Gasteiger partial charge < -0.3 is 4.74 Å². The molecule has 2 aromatic rings. The molecule has 0 N–H and O–H groups in total. The molecular formula is C25H26BrN3O2. The zero-order chi connectivity index (χ0) is 23.4. The van der Waals surface area contributed by atoms with E-state index < -0.39 is 6.09 Å². The maximum Gasteiger partial charge on any atom is 0.430 e. The number of allylic oxidation sites excluding steroid dienone is 1. The van der Waals surface area contributed by atoms with E-state index in [1.54, 1.807) is 24.3 Å². The fourth-order valence-corrected chi connectivity index (χ4v) is 3.11. The molecule has 0 heterocycles. The monoisotopic (exact) mass is 479 g/mol. The molecule has 0 aliphatic rings. The number of nitriles is 2. The first-order valence-electron chi connectivity index (χ1n) is 9.82. The molecule has 1 amide bonds. The molecule has 2 rings (SSSR count). The number of anilines is 1. The smallest absolute Gasteiger partial charge is 0.406 e. The van der Waals surface area contributed by atoms with Crippen LogP contribution >= 0.6 is 16.1 Å². The van der Waals surface area contributed by atoms with Gasteiger partial charge in [-0.2, -0.15) is 10.5 Å². The lowest BCUT2D eigenvalue weighted by Gasteiger charge is -2.26. The highest BCUT2D eigenvalue weighted by Crippen LogP contribution is 2.34. The highest BCUT2D eigenvalue weighted by Gasteiger charge is 2.25. The average Bonchev–Trinajstić information content (AvgIpc) is 2.72. The average molecular weight is 480 g/mol. The minimum atomic E-state index is -0.761. The number of nitrogens with zero attached hydrogens (tertiary/aromatic N) is 3. The van der Waals surface area contributed by atoms with Crippen molar-refractivity contribution in [1.82, 2.24) is 0 Å². The number of halogens is 1. The topological polar surface area (TPSA) is 77.1 Å². The number of para-hydroxylation sites is 1. The van der Waals surface area contributed by atoms with Crippen molar-refractivity contribution >= 4 is 33.7 Å². The number of rotatable bonds is 3. The third kappa shape index (κ3) is 5.96. The zero-order valence-corrected chi connectivity index (χ0v) is 20.2. The molecule has 5 nitrogen and oxygen atoms in total. The third-order valence-electron chi connectivity index (χ3n) is 4.71. The van der Waals surface area contributed by atoms with Crippen molar-refractivity contribution in [3.63, 3.8) is 0 Å². The molecule has 0 spiro atoms. The van der Waals surface area contributed by atoms with Crippen LogP contribution in [0, 0.1) is 22.7 Å². The highest BCUT2D eigenvalue weighted by atomic mass is 79.9. The van der Waals surface area contributed by atoms with Gasteiger partial charge >= 0.3 is 6.09 Å². The summed E-state index contributed by atoms with van der Waals surface area (Å²) in [6.45, 7) is 12.5. The Hall–Kier alpha value is -3.09. The Morgan fingerprint density at radius 2 is 1.39 bits per heavy atom. The van der Waals surface area contributed by atoms with Crippen LogP contribution in [0.25, 0.3) is 5.76 Å². The van der Waals surface area contributed by atoms with Crippen LogP contribution in [0.15, 0.2) is 54.1 Å². The van der Waals surface area contributed by atoms with Gasteiger partial charge in [0, 0.05) is 5.56 Å². The lowest BCUT2D eigenvalue weighted by atomic mass is 9.79. The summed E-state index contributed by atoms with van der Waals surface area (Å²) in [6, 6.07) is 18.4. The van der Waals surface area contributed by atoms with Crippen LogP contribution in [0.4, 0.5) is 10.5 Å². The Morgan fingerprint density at radius 1 is 0.903 bits per heavy atom. The van der Waals surface area contributed by atoms with E-state index >= 15 is 0 Å². The van der Waals surface area contributed by atoms with Crippen LogP contribution in [-0.4, -0.2) is 6.09 Å². The number of carbonyl (C=O) groups is 1. The molecular weight excluding hydrogens is 454 g/mol. The summed E-state index contributed by atoms with van der Waals surface area (Å²) in [7, 11) is 0. The summed E-state index contributed by atoms with van der Waals surface area (Å²) in [4.78, 5) is 12.8. The molecule has 0 fully saturated rings. The quantitative estimate of drug-likeness (QED) is 0.269. The van der Waals surface area contributed by atoms with Crippen molar-refractivity contribution in [1.29, 1.82) is 10.5 Å². The van der Waals surface area contributed by atoms with E-state index in [9.17, 15) is 15.3 Å². The normalized spacial score (nSPS) is 11.1. The van der Waals surface area contributed by atoms with Gasteiger partial charge in [-0.1, -0.05) is 65.8 Å². The predicted molar refractivity (Wildman–Crippen MR) is 126 cm³/mol. The Bertz CT molecular complexity index is 1030. The number of carbonyl (C=O) groups excluding carboxylic acids is 1. The molecule has 0 atom stereocenters. The number of hydrogen-bond donors (Lipinski definition) is 0. The Labute approximate surface area is 192 Å². The Balaban J connectivity index is 2.63. The van der Waals surface area contributed by atoms with E-state index in [2.05, 4.69) is 63.8 Å². The van der Waals surface area contributed by atoms with Gasteiger partial charge in [-0.05, 0) is 46.2 Å². The van der Waals surface area contributed by atoms with Crippen molar-refractivity contribution in [2.75, 3.05) is 3.93 Å². The maximum atomic E-state index is 12.8. The minimum Gasteiger partial charge on any atom is -0.406 e. The van der Waals surface area contributed by atoms with Crippen molar-refractivity contribution in [2.45, 2.75) is 52.4 Å². The second-order valence-electron chi connectivity index (χ2n) is 9.21. The molecule has 6 heteroatoms. The second-order valence-corrected chi connectivity index (χ2v) is 9.92. The molecule has 0 aliphatic heterocycles. The zero-order valence-electron chi connectivity index (χ0n) is 18.7. The Morgan fingerprint density at radius 3 is 1.81 bits per heavy atom. The van der Waals surface area contributed by atoms with Crippen LogP contribution in [-0.2, 0) is 15.6 Å². The van der Waals surface area contributed by atoms with Gasteiger partial charge in [-0.25, -0.2) is 8.72 Å². The standard InChI is InChI=1S/C25H26BrN3O2/c1-24(2,3)19-12-17(13-20(14-19)25(4,5)6)22(18(15-27)16-28)31-23(30)29(26)21-10-8-7-9-11-21/h7-14H,1-6H3. The van der Waals surface area contributed by atoms with E-state index in [0.717, 1.165) is 15.1 Å². The number of hydrogen-bond acceptors (Lipinski definition) is 4. The SMILES string of the molecule is CC(C)(C)c1cc(C(OC(=O)N(Br)c2ccccc2)=C(C#N)C#N)cc(C(C)(C)C)c1. The summed E-state index contributed by atoms with van der Waals surface area (Å²) < 4.78 is 6.76. The van der Waals surface area contributed by atoms with Gasteiger partial charge in [-0.3, -0.25) is 0 Å². The van der Waals surface area contributed by atoms with Gasteiger partial charge in [0.15, 0.2) is 11.3 Å². The molecule has 2 aromatic carbocycles. The van der Waals surface area contributed by atoms with Gasteiger partial charge in [0.05, 0.1) is 21.8 Å². The summed E-state index contributed by atoms with van der Waals surface area (Å²) >= 11 is 3.21. The van der Waals surface area contributed by atoms with Gasteiger partial charge in [0.25, 0.3) is 0 Å². The second kappa shape index (κ2) is 9.37. The molecule has 0 bridgehead atoms. The summed E-state index contributed by atoms with van der Waals surface area (Å²) in [5.41, 5.74) is 2.45. The fourth-order valence-electron chi connectivity index (χ4n) is 2.80. The maximum absolute atomic E-state index is 12.8. The third-order valence-corrected chi connectivity index (χ3v) is 5.41. The largest absolute Gasteiger partial charge is 0.430 e. The van der Waals surface area contributed by atoms with Crippen LogP contribution < -0.4 is 3.93 Å². The van der Waals surface area contributed by atoms with E-state index in [0.29, 0.717) is 11.3 Å². The molecule has 0 saturated carbocycles. The molecule has 0 radical (unpaired) electrons. The van der Waals surface area contributed by atoms with Crippen LogP contribution in [0.1, 0.15) is 58.2 Å². The molecule has 0 saturated heterocycles. The Kier molecular flexibility index (Phi) is 7.31. The van der Waals surface area contributed by atoms with Crippen LogP contribution in [0.2, 0.25) is 0 Å². The van der Waals surface area contributed by atoms with E-state index in [1.807, 2.05) is 30.3 Å². The highest BCUT2D eigenvalue weighted by molar-refractivity contribution is 9.10. The summed E-state index contributed by atoms with van der Waals surface area (Å²) in [5.74, 6) is -0.0630. The lowest BCUT2D eigenvalue weighted by molar-refractivity contribution is 0.204. The van der Waals surface area contributed by atoms with Gasteiger partial charge in [0.1, 0.15) is 12.1 Å². The minimum absolute atomic E-state index is 0.0630. The predicted octanol–water partition coefficient (Wildman–Crippen LogP) is 6.99. The molecule has 160 valence electrons. The van der Waals surface area contributed by atoms with Crippen molar-refractivity contribution in [2.24, 2.45) is 0 Å². The van der Waals surface area contributed by atoms with Crippen molar-refractivity contribution < 1.29 is 9.53 Å². The van der Waals surface area contributed by atoms with E-state index in [-0.39, 0.29) is 22.2 Å². The molecule has 0 aliphatic carbocycles. The lowest BCUT2D eigenvalue weighted by Crippen LogP contribution is -2.22. The van der Waals surface area contributed by atoms with Gasteiger partial charge in [0.2, 0.25) is 0 Å². The van der Waals surface area contributed by atoms with E-state index in [1.165, 1.54) is 0 Å². The van der Waals surface area contributed by atoms with E-state index in [4.69, 9.17) is 4.74 Å². The van der Waals surface area contributed by atoms with Crippen LogP contribution in [0.3, 0.4) is 0 Å². The van der Waals surface area contributed by atoms with Gasteiger partial charge in [-0.15, -0.1) is 0 Å². The first kappa shape index (κ1) is 24.2. The number of benzene rings is 2. The molecule has 31 heavy (non-hydrogen) atoms. The first-order chi connectivity index (χ1) is 14.4. The summed E-state index contributed by atoms with van der Waals surface area (Å²) in [5, 5.41) is 19.1. The van der Waals surface area contributed by atoms with Crippen LogP contribution in [0.5, 0.6) is 0 Å². The first-order valence-corrected chi connectivity index (χ1v) is 10.5. The number of ether oxygens (including phenoxy) is 1. The van der Waals surface area contributed by atoms with Crippen molar-refractivity contribution in [3.05, 3.63) is 70.8 Å².